The minimum absolute atomic E-state index is 0.0832. The van der Waals surface area contributed by atoms with Crippen LogP contribution in [-0.4, -0.2) is 13.0 Å². The van der Waals surface area contributed by atoms with Crippen LogP contribution >= 0.6 is 0 Å². The molecule has 0 saturated carbocycles. The fraction of sp³-hybridized carbons (Fsp3) is 0.462. The summed E-state index contributed by atoms with van der Waals surface area (Å²) in [5.41, 5.74) is 3.84. The van der Waals surface area contributed by atoms with Crippen molar-refractivity contribution in [2.75, 3.05) is 12.1 Å². The number of amides is 1. The van der Waals surface area contributed by atoms with E-state index in [0.29, 0.717) is 6.42 Å². The molecular formula is C13H20N2O. The standard InChI is InChI=1S/C13H20N2O/c1-3-4-6-11-13(16)14-15(2)12-9-7-5-8-10-12/h5,7-10H,3-4,6,11H2,1-2H3,(H,14,16). The molecule has 16 heavy (non-hydrogen) atoms. The summed E-state index contributed by atoms with van der Waals surface area (Å²) < 4.78 is 0. The van der Waals surface area contributed by atoms with E-state index in [0.717, 1.165) is 24.9 Å². The molecule has 1 amide bonds. The zero-order valence-corrected chi connectivity index (χ0v) is 10.1. The van der Waals surface area contributed by atoms with Gasteiger partial charge in [-0.05, 0) is 18.6 Å². The van der Waals surface area contributed by atoms with Crippen molar-refractivity contribution in [3.63, 3.8) is 0 Å². The Balaban J connectivity index is 2.34. The Morgan fingerprint density at radius 1 is 1.25 bits per heavy atom. The number of carbonyl (C=O) groups excluding carboxylic acids is 1. The third kappa shape index (κ3) is 4.34. The second-order valence-corrected chi connectivity index (χ2v) is 3.89. The van der Waals surface area contributed by atoms with Crippen LogP contribution in [0.25, 0.3) is 0 Å². The van der Waals surface area contributed by atoms with Crippen LogP contribution in [-0.2, 0) is 4.79 Å². The lowest BCUT2D eigenvalue weighted by atomic mass is 10.2. The normalized spacial score (nSPS) is 9.88. The first kappa shape index (κ1) is 12.6. The van der Waals surface area contributed by atoms with Gasteiger partial charge in [0.05, 0.1) is 5.69 Å². The fourth-order valence-corrected chi connectivity index (χ4v) is 1.49. The third-order valence-corrected chi connectivity index (χ3v) is 2.44. The number of benzene rings is 1. The molecule has 3 nitrogen and oxygen atoms in total. The molecule has 0 saturated heterocycles. The largest absolute Gasteiger partial charge is 0.289 e. The average molecular weight is 220 g/mol. The number of rotatable bonds is 6. The number of anilines is 1. The molecule has 0 heterocycles. The minimum Gasteiger partial charge on any atom is -0.289 e. The number of carbonyl (C=O) groups is 1. The molecule has 88 valence electrons. The van der Waals surface area contributed by atoms with Crippen LogP contribution in [0.1, 0.15) is 32.6 Å². The summed E-state index contributed by atoms with van der Waals surface area (Å²) in [6.07, 6.45) is 3.82. The molecule has 1 aromatic carbocycles. The number of nitrogens with zero attached hydrogens (tertiary/aromatic N) is 1. The van der Waals surface area contributed by atoms with E-state index in [2.05, 4.69) is 12.3 Å². The molecule has 0 atom stereocenters. The maximum Gasteiger partial charge on any atom is 0.238 e. The molecule has 1 rings (SSSR count). The zero-order chi connectivity index (χ0) is 11.8. The lowest BCUT2D eigenvalue weighted by molar-refractivity contribution is -0.121. The van der Waals surface area contributed by atoms with Gasteiger partial charge in [0.2, 0.25) is 5.91 Å². The quantitative estimate of drug-likeness (QED) is 0.590. The summed E-state index contributed by atoms with van der Waals surface area (Å²) in [7, 11) is 1.85. The monoisotopic (exact) mass is 220 g/mol. The van der Waals surface area contributed by atoms with Gasteiger partial charge in [0, 0.05) is 13.5 Å². The molecule has 0 unspecified atom stereocenters. The summed E-state index contributed by atoms with van der Waals surface area (Å²) in [5, 5.41) is 1.76. The van der Waals surface area contributed by atoms with Crippen molar-refractivity contribution in [3.8, 4) is 0 Å². The molecule has 0 fully saturated rings. The van der Waals surface area contributed by atoms with Gasteiger partial charge in [0.15, 0.2) is 0 Å². The van der Waals surface area contributed by atoms with Crippen molar-refractivity contribution in [1.29, 1.82) is 0 Å². The van der Waals surface area contributed by atoms with E-state index in [9.17, 15) is 4.79 Å². The third-order valence-electron chi connectivity index (χ3n) is 2.44. The van der Waals surface area contributed by atoms with E-state index in [1.54, 1.807) is 5.01 Å². The summed E-state index contributed by atoms with van der Waals surface area (Å²) in [4.78, 5) is 11.5. The minimum atomic E-state index is 0.0832. The first-order chi connectivity index (χ1) is 7.74. The first-order valence-electron chi connectivity index (χ1n) is 5.82. The maximum absolute atomic E-state index is 11.5. The molecule has 0 aliphatic carbocycles. The Hall–Kier alpha value is -1.51. The summed E-state index contributed by atoms with van der Waals surface area (Å²) in [6, 6.07) is 9.79. The number of hydrogen-bond acceptors (Lipinski definition) is 2. The highest BCUT2D eigenvalue weighted by atomic mass is 16.2. The maximum atomic E-state index is 11.5. The van der Waals surface area contributed by atoms with E-state index in [4.69, 9.17) is 0 Å². The molecular weight excluding hydrogens is 200 g/mol. The van der Waals surface area contributed by atoms with Crippen molar-refractivity contribution in [1.82, 2.24) is 5.43 Å². The van der Waals surface area contributed by atoms with Gasteiger partial charge in [-0.15, -0.1) is 0 Å². The van der Waals surface area contributed by atoms with Crippen molar-refractivity contribution in [2.24, 2.45) is 0 Å². The van der Waals surface area contributed by atoms with Crippen LogP contribution in [0.15, 0.2) is 30.3 Å². The van der Waals surface area contributed by atoms with Crippen molar-refractivity contribution >= 4 is 11.6 Å². The molecule has 0 aromatic heterocycles. The van der Waals surface area contributed by atoms with Crippen molar-refractivity contribution < 1.29 is 4.79 Å². The number of nitrogens with one attached hydrogen (secondary N) is 1. The highest BCUT2D eigenvalue weighted by Gasteiger charge is 2.04. The van der Waals surface area contributed by atoms with E-state index < -0.39 is 0 Å². The second-order valence-electron chi connectivity index (χ2n) is 3.89. The predicted molar refractivity (Wildman–Crippen MR) is 67.1 cm³/mol. The Morgan fingerprint density at radius 2 is 1.94 bits per heavy atom. The van der Waals surface area contributed by atoms with E-state index >= 15 is 0 Å². The van der Waals surface area contributed by atoms with Gasteiger partial charge >= 0.3 is 0 Å². The molecule has 0 aliphatic rings. The van der Waals surface area contributed by atoms with Crippen LogP contribution in [0.5, 0.6) is 0 Å². The van der Waals surface area contributed by atoms with E-state index in [1.165, 1.54) is 0 Å². The van der Waals surface area contributed by atoms with Crippen LogP contribution in [0, 0.1) is 0 Å². The van der Waals surface area contributed by atoms with Gasteiger partial charge in [-0.3, -0.25) is 15.2 Å². The smallest absolute Gasteiger partial charge is 0.238 e. The average Bonchev–Trinajstić information content (AvgIpc) is 2.30. The predicted octanol–water partition coefficient (Wildman–Crippen LogP) is 2.73. The number of hydrazine groups is 1. The van der Waals surface area contributed by atoms with Crippen molar-refractivity contribution in [3.05, 3.63) is 30.3 Å². The summed E-state index contributed by atoms with van der Waals surface area (Å²) in [5.74, 6) is 0.0832. The van der Waals surface area contributed by atoms with Crippen LogP contribution < -0.4 is 10.4 Å². The molecule has 0 spiro atoms. The van der Waals surface area contributed by atoms with Crippen molar-refractivity contribution in [2.45, 2.75) is 32.6 Å². The van der Waals surface area contributed by atoms with Gasteiger partial charge < -0.3 is 0 Å². The van der Waals surface area contributed by atoms with Gasteiger partial charge in [-0.25, -0.2) is 0 Å². The first-order valence-corrected chi connectivity index (χ1v) is 5.82. The molecule has 1 aromatic rings. The highest BCUT2D eigenvalue weighted by molar-refractivity contribution is 5.77. The highest BCUT2D eigenvalue weighted by Crippen LogP contribution is 2.08. The SMILES string of the molecule is CCCCCC(=O)NN(C)c1ccccc1. The molecule has 0 aliphatic heterocycles. The lowest BCUT2D eigenvalue weighted by Crippen LogP contribution is -2.39. The molecule has 3 heteroatoms. The Kier molecular flexibility index (Phi) is 5.40. The van der Waals surface area contributed by atoms with Crippen LogP contribution in [0.4, 0.5) is 5.69 Å². The van der Waals surface area contributed by atoms with Crippen LogP contribution in [0.3, 0.4) is 0 Å². The summed E-state index contributed by atoms with van der Waals surface area (Å²) in [6.45, 7) is 2.13. The van der Waals surface area contributed by atoms with E-state index in [1.807, 2.05) is 37.4 Å². The van der Waals surface area contributed by atoms with Gasteiger partial charge in [0.25, 0.3) is 0 Å². The van der Waals surface area contributed by atoms with Gasteiger partial charge in [0.1, 0.15) is 0 Å². The Bertz CT molecular complexity index is 311. The number of para-hydroxylation sites is 1. The second kappa shape index (κ2) is 6.88. The molecule has 0 bridgehead atoms. The van der Waals surface area contributed by atoms with Gasteiger partial charge in [-0.2, -0.15) is 0 Å². The van der Waals surface area contributed by atoms with E-state index in [-0.39, 0.29) is 5.91 Å². The molecule has 1 N–H and O–H groups in total. The zero-order valence-electron chi connectivity index (χ0n) is 10.1. The number of hydrogen-bond donors (Lipinski definition) is 1. The lowest BCUT2D eigenvalue weighted by Gasteiger charge is -2.20. The number of unbranched alkanes of at least 4 members (excludes halogenated alkanes) is 2. The van der Waals surface area contributed by atoms with Crippen LogP contribution in [0.2, 0.25) is 0 Å². The topological polar surface area (TPSA) is 32.3 Å². The van der Waals surface area contributed by atoms with Gasteiger partial charge in [-0.1, -0.05) is 38.0 Å². The molecule has 0 radical (unpaired) electrons. The summed E-state index contributed by atoms with van der Waals surface area (Å²) >= 11 is 0. The Morgan fingerprint density at radius 3 is 2.56 bits per heavy atom. The Labute approximate surface area is 97.4 Å². The fourth-order valence-electron chi connectivity index (χ4n) is 1.49.